The van der Waals surface area contributed by atoms with E-state index in [2.05, 4.69) is 5.32 Å². The minimum absolute atomic E-state index is 0.152. The molecule has 33 heavy (non-hydrogen) atoms. The van der Waals surface area contributed by atoms with Gasteiger partial charge in [-0.2, -0.15) is 0 Å². The fourth-order valence-electron chi connectivity index (χ4n) is 4.04. The predicted octanol–water partition coefficient (Wildman–Crippen LogP) is 5.03. The van der Waals surface area contributed by atoms with E-state index < -0.39 is 0 Å². The molecule has 0 unspecified atom stereocenters. The van der Waals surface area contributed by atoms with E-state index in [-0.39, 0.29) is 18.1 Å². The Labute approximate surface area is 196 Å². The van der Waals surface area contributed by atoms with Crippen molar-refractivity contribution in [3.63, 3.8) is 0 Å². The van der Waals surface area contributed by atoms with Gasteiger partial charge in [-0.15, -0.1) is 0 Å². The number of rotatable bonds is 4. The molecule has 7 heteroatoms. The smallest absolute Gasteiger partial charge is 0.230 e. The monoisotopic (exact) mass is 456 g/mol. The zero-order chi connectivity index (χ0) is 22.9. The molecule has 1 heterocycles. The van der Waals surface area contributed by atoms with Gasteiger partial charge < -0.3 is 16.2 Å². The number of halogens is 1. The Morgan fingerprint density at radius 1 is 0.970 bits per heavy atom. The van der Waals surface area contributed by atoms with Crippen LogP contribution in [-0.2, 0) is 24.1 Å². The summed E-state index contributed by atoms with van der Waals surface area (Å²) in [6.45, 7) is 0. The van der Waals surface area contributed by atoms with Crippen LogP contribution in [0.2, 0.25) is 5.02 Å². The predicted molar refractivity (Wildman–Crippen MR) is 130 cm³/mol. The maximum Gasteiger partial charge on any atom is 0.230 e. The van der Waals surface area contributed by atoms with Gasteiger partial charge in [-0.25, -0.2) is 9.97 Å². The molecule has 5 rings (SSSR count). The Balaban J connectivity index is 1.55. The number of benzene rings is 3. The number of carbonyl (C=O) groups excluding carboxylic acids is 1. The van der Waals surface area contributed by atoms with Gasteiger partial charge >= 0.3 is 0 Å². The average Bonchev–Trinajstić information content (AvgIpc) is 2.80. The van der Waals surface area contributed by atoms with Crippen molar-refractivity contribution in [2.24, 2.45) is 0 Å². The number of amides is 1. The number of fused-ring (bicyclic) bond motifs is 3. The number of carbonyl (C=O) groups is 1. The van der Waals surface area contributed by atoms with E-state index in [1.807, 2.05) is 30.3 Å². The van der Waals surface area contributed by atoms with Crippen LogP contribution in [0.25, 0.3) is 22.5 Å². The maximum absolute atomic E-state index is 12.8. The third kappa shape index (κ3) is 4.38. The molecule has 0 fully saturated rings. The molecule has 1 aliphatic carbocycles. The Kier molecular flexibility index (Phi) is 5.44. The van der Waals surface area contributed by atoms with Crippen LogP contribution in [0.4, 0.5) is 11.5 Å². The summed E-state index contributed by atoms with van der Waals surface area (Å²) in [6.07, 6.45) is 1.69. The molecule has 0 radical (unpaired) electrons. The highest BCUT2D eigenvalue weighted by Gasteiger charge is 2.23. The number of hydrogen-bond acceptors (Lipinski definition) is 5. The molecule has 0 saturated heterocycles. The van der Waals surface area contributed by atoms with E-state index in [0.717, 1.165) is 45.7 Å². The first-order valence-corrected chi connectivity index (χ1v) is 11.0. The van der Waals surface area contributed by atoms with Crippen LogP contribution in [0.15, 0.2) is 66.7 Å². The third-order valence-corrected chi connectivity index (χ3v) is 5.91. The molecule has 164 valence electrons. The Bertz CT molecular complexity index is 1350. The average molecular weight is 457 g/mol. The normalized spacial score (nSPS) is 12.0. The lowest BCUT2D eigenvalue weighted by atomic mass is 9.91. The summed E-state index contributed by atoms with van der Waals surface area (Å²) in [5.41, 5.74) is 12.6. The van der Waals surface area contributed by atoms with Gasteiger partial charge in [0.2, 0.25) is 5.91 Å². The van der Waals surface area contributed by atoms with E-state index in [1.54, 1.807) is 36.4 Å². The van der Waals surface area contributed by atoms with Crippen molar-refractivity contribution in [3.05, 3.63) is 88.6 Å². The minimum atomic E-state index is -0.199. The summed E-state index contributed by atoms with van der Waals surface area (Å²) in [7, 11) is 0. The minimum Gasteiger partial charge on any atom is -0.508 e. The number of nitrogen functional groups attached to an aromatic ring is 1. The fraction of sp³-hybridized carbons (Fsp3) is 0.115. The number of nitrogens with two attached hydrogens (primary N) is 1. The van der Waals surface area contributed by atoms with Crippen molar-refractivity contribution in [3.8, 4) is 28.3 Å². The summed E-state index contributed by atoms with van der Waals surface area (Å²) in [6, 6.07) is 19.7. The second-order valence-electron chi connectivity index (χ2n) is 8.03. The van der Waals surface area contributed by atoms with Gasteiger partial charge in [-0.3, -0.25) is 4.79 Å². The Hall–Kier alpha value is -3.90. The number of phenolic OH excluding ortho intramolecular Hbond substituents is 1. The van der Waals surface area contributed by atoms with Gasteiger partial charge in [0, 0.05) is 21.8 Å². The number of aryl methyl sites for hydroxylation is 2. The summed E-state index contributed by atoms with van der Waals surface area (Å²) in [5.74, 6) is 0.353. The molecule has 0 aliphatic heterocycles. The van der Waals surface area contributed by atoms with Crippen molar-refractivity contribution in [2.75, 3.05) is 11.1 Å². The maximum atomic E-state index is 12.8. The molecule has 0 bridgehead atoms. The highest BCUT2D eigenvalue weighted by atomic mass is 35.5. The molecule has 4 aromatic rings. The van der Waals surface area contributed by atoms with Gasteiger partial charge in [0.05, 0.1) is 17.8 Å². The SMILES string of the molecule is Nc1ccc2c(c1)CCc1nc(NC(=O)Cc3ccc(Cl)cc3)c(-c3ccc(O)cc3)nc1-2. The molecule has 6 nitrogen and oxygen atoms in total. The van der Waals surface area contributed by atoms with Crippen LogP contribution in [-0.4, -0.2) is 21.0 Å². The topological polar surface area (TPSA) is 101 Å². The van der Waals surface area contributed by atoms with Crippen molar-refractivity contribution in [1.82, 2.24) is 9.97 Å². The van der Waals surface area contributed by atoms with E-state index in [1.165, 1.54) is 0 Å². The number of nitrogens with one attached hydrogen (secondary N) is 1. The van der Waals surface area contributed by atoms with Crippen LogP contribution < -0.4 is 11.1 Å². The number of nitrogens with zero attached hydrogens (tertiary/aromatic N) is 2. The number of phenols is 1. The first-order chi connectivity index (χ1) is 16.0. The lowest BCUT2D eigenvalue weighted by Gasteiger charge is -2.21. The van der Waals surface area contributed by atoms with E-state index in [0.29, 0.717) is 23.0 Å². The van der Waals surface area contributed by atoms with Crippen molar-refractivity contribution < 1.29 is 9.90 Å². The van der Waals surface area contributed by atoms with Gasteiger partial charge in [-0.05, 0) is 72.5 Å². The van der Waals surface area contributed by atoms with Gasteiger partial charge in [0.15, 0.2) is 5.82 Å². The van der Waals surface area contributed by atoms with Gasteiger partial charge in [0.1, 0.15) is 11.4 Å². The standard InChI is InChI=1S/C26H21ClN4O2/c27-18-6-1-15(2-7-18)13-23(33)30-26-24(16-3-9-20(32)10-4-16)31-25-21-11-8-19(28)14-17(21)5-12-22(25)29-26/h1-4,6-11,14,32H,5,12-13,28H2,(H,29,30,33). The lowest BCUT2D eigenvalue weighted by molar-refractivity contribution is -0.115. The fourth-order valence-corrected chi connectivity index (χ4v) is 4.16. The Morgan fingerprint density at radius 2 is 1.73 bits per heavy atom. The van der Waals surface area contributed by atoms with Crippen molar-refractivity contribution in [1.29, 1.82) is 0 Å². The molecule has 1 amide bonds. The zero-order valence-corrected chi connectivity index (χ0v) is 18.4. The molecular formula is C26H21ClN4O2. The molecule has 0 spiro atoms. The quantitative estimate of drug-likeness (QED) is 0.374. The lowest BCUT2D eigenvalue weighted by Crippen LogP contribution is -2.19. The largest absolute Gasteiger partial charge is 0.508 e. The van der Waals surface area contributed by atoms with E-state index >= 15 is 0 Å². The molecule has 0 atom stereocenters. The van der Waals surface area contributed by atoms with Crippen LogP contribution in [0.3, 0.4) is 0 Å². The zero-order valence-electron chi connectivity index (χ0n) is 17.7. The number of aromatic nitrogens is 2. The third-order valence-electron chi connectivity index (χ3n) is 5.66. The Morgan fingerprint density at radius 3 is 2.48 bits per heavy atom. The molecular weight excluding hydrogens is 436 g/mol. The number of hydrogen-bond donors (Lipinski definition) is 3. The number of anilines is 2. The van der Waals surface area contributed by atoms with Crippen LogP contribution >= 0.6 is 11.6 Å². The summed E-state index contributed by atoms with van der Waals surface area (Å²) < 4.78 is 0. The van der Waals surface area contributed by atoms with Crippen LogP contribution in [0, 0.1) is 0 Å². The van der Waals surface area contributed by atoms with E-state index in [9.17, 15) is 9.90 Å². The van der Waals surface area contributed by atoms with Gasteiger partial charge in [0.25, 0.3) is 0 Å². The first-order valence-electron chi connectivity index (χ1n) is 10.6. The van der Waals surface area contributed by atoms with Crippen molar-refractivity contribution in [2.45, 2.75) is 19.3 Å². The van der Waals surface area contributed by atoms with Crippen molar-refractivity contribution >= 4 is 29.0 Å². The molecule has 4 N–H and O–H groups in total. The molecule has 1 aromatic heterocycles. The van der Waals surface area contributed by atoms with Gasteiger partial charge in [-0.1, -0.05) is 29.8 Å². The molecule has 1 aliphatic rings. The highest BCUT2D eigenvalue weighted by molar-refractivity contribution is 6.30. The molecule has 3 aromatic carbocycles. The van der Waals surface area contributed by atoms with Crippen LogP contribution in [0.5, 0.6) is 5.75 Å². The van der Waals surface area contributed by atoms with Crippen LogP contribution in [0.1, 0.15) is 16.8 Å². The summed E-state index contributed by atoms with van der Waals surface area (Å²) >= 11 is 5.95. The summed E-state index contributed by atoms with van der Waals surface area (Å²) in [4.78, 5) is 22.6. The number of aromatic hydroxyl groups is 1. The molecule has 0 saturated carbocycles. The van der Waals surface area contributed by atoms with E-state index in [4.69, 9.17) is 27.3 Å². The summed E-state index contributed by atoms with van der Waals surface area (Å²) in [5, 5.41) is 13.3. The second kappa shape index (κ2) is 8.56. The second-order valence-corrected chi connectivity index (χ2v) is 8.47. The highest BCUT2D eigenvalue weighted by Crippen LogP contribution is 2.36. The first kappa shape index (κ1) is 21.0.